The molecule has 0 saturated heterocycles. The van der Waals surface area contributed by atoms with Crippen LogP contribution in [-0.4, -0.2) is 26.9 Å². The molecule has 10 heavy (non-hydrogen) atoms. The normalized spacial score (nSPS) is 11.5. The molecule has 0 unspecified atom stereocenters. The van der Waals surface area contributed by atoms with Crippen LogP contribution in [0.25, 0.3) is 0 Å². The molecule has 0 aliphatic carbocycles. The minimum Gasteiger partial charge on any atom is -0.434 e. The number of hydrogen-bond donors (Lipinski definition) is 3. The molecule has 0 bridgehead atoms. The van der Waals surface area contributed by atoms with Gasteiger partial charge >= 0.3 is 6.09 Å². The van der Waals surface area contributed by atoms with Gasteiger partial charge in [0.1, 0.15) is 6.54 Å². The van der Waals surface area contributed by atoms with Gasteiger partial charge in [-0.2, -0.15) is 4.79 Å². The van der Waals surface area contributed by atoms with E-state index in [2.05, 4.69) is 25.6 Å². The molecule has 3 nitrogen and oxygen atoms in total. The summed E-state index contributed by atoms with van der Waals surface area (Å²) in [7, 11) is 0. The first-order valence-corrected chi connectivity index (χ1v) is 3.97. The lowest BCUT2D eigenvalue weighted by Gasteiger charge is -2.15. The second-order valence-electron chi connectivity index (χ2n) is 1.78. The molecule has 0 saturated carbocycles. The highest BCUT2D eigenvalue weighted by Crippen LogP contribution is 2.17. The van der Waals surface area contributed by atoms with Crippen LogP contribution in [0.4, 0.5) is 4.79 Å². The van der Waals surface area contributed by atoms with Gasteiger partial charge in [0.05, 0.1) is 25.6 Å². The van der Waals surface area contributed by atoms with Crippen molar-refractivity contribution < 1.29 is 13.2 Å². The van der Waals surface area contributed by atoms with Gasteiger partial charge in [0, 0.05) is 12.3 Å². The van der Waals surface area contributed by atoms with E-state index < -0.39 is 9.39 Å². The first kappa shape index (κ1) is 10.4. The lowest BCUT2D eigenvalue weighted by Crippen LogP contribution is -2.34. The molecule has 0 spiro atoms. The second-order valence-corrected chi connectivity index (χ2v) is 3.84. The third kappa shape index (κ3) is 3.55. The lowest BCUT2D eigenvalue weighted by atomic mass is 10.5. The van der Waals surface area contributed by atoms with Crippen molar-refractivity contribution in [2.75, 3.05) is 12.4 Å². The van der Waals surface area contributed by atoms with E-state index >= 15 is 0 Å². The fraction of sp³-hybridized carbons (Fsp3) is 0.750. The third-order valence-corrected chi connectivity index (χ3v) is 1.92. The van der Waals surface area contributed by atoms with Gasteiger partial charge in [-0.15, -0.1) is 14.9 Å². The Morgan fingerprint density at radius 3 is 2.40 bits per heavy atom. The number of carbonyl (C=O) groups is 1. The number of hydrogen-bond acceptors (Lipinski definition) is 3. The Hall–Kier alpha value is 0.420. The van der Waals surface area contributed by atoms with Gasteiger partial charge in [0.15, 0.2) is 0 Å². The molecule has 0 radical (unpaired) electrons. The van der Waals surface area contributed by atoms with E-state index in [0.29, 0.717) is 18.8 Å². The number of nitrogens with zero attached hydrogens (tertiary/aromatic N) is 1. The highest BCUT2D eigenvalue weighted by Gasteiger charge is 2.29. The maximum Gasteiger partial charge on any atom is 0.537 e. The molecule has 1 amide bonds. The maximum absolute atomic E-state index is 10.3. The van der Waals surface area contributed by atoms with Gasteiger partial charge in [0.25, 0.3) is 0 Å². The summed E-state index contributed by atoms with van der Waals surface area (Å²) in [4.78, 5) is 10.3. The van der Waals surface area contributed by atoms with Gasteiger partial charge in [-0.05, 0) is 0 Å². The maximum atomic E-state index is 10.3. The Morgan fingerprint density at radius 1 is 1.60 bits per heavy atom. The summed E-state index contributed by atoms with van der Waals surface area (Å²) in [6.07, 6.45) is -0.502. The third-order valence-electron chi connectivity index (χ3n) is 0.910. The summed E-state index contributed by atoms with van der Waals surface area (Å²) in [6.45, 7) is 0.311. The molecule has 6 heteroatoms. The van der Waals surface area contributed by atoms with Crippen LogP contribution < -0.4 is 0 Å². The molecule has 0 atom stereocenters. The molecule has 60 valence electrons. The average Bonchev–Trinajstić information content (AvgIpc) is 1.84. The fourth-order valence-corrected chi connectivity index (χ4v) is 0.778. The quantitative estimate of drug-likeness (QED) is 0.371. The smallest absolute Gasteiger partial charge is 0.434 e. The SMILES string of the molecule is O=C(O)[N+](S)(S)CCCCl. The molecule has 1 N–H and O–H groups in total. The van der Waals surface area contributed by atoms with Crippen LogP contribution in [0.2, 0.25) is 0 Å². The van der Waals surface area contributed by atoms with E-state index in [9.17, 15) is 4.79 Å². The monoisotopic (exact) mass is 202 g/mol. The number of thiol groups is 2. The number of carboxylic acid groups (broad SMARTS) is 1. The van der Waals surface area contributed by atoms with E-state index in [0.717, 1.165) is 0 Å². The van der Waals surface area contributed by atoms with Crippen LogP contribution in [0, 0.1) is 0 Å². The van der Waals surface area contributed by atoms with Crippen molar-refractivity contribution >= 4 is 43.3 Å². The molecule has 0 heterocycles. The van der Waals surface area contributed by atoms with Gasteiger partial charge < -0.3 is 5.11 Å². The van der Waals surface area contributed by atoms with E-state index in [4.69, 9.17) is 16.7 Å². The van der Waals surface area contributed by atoms with Crippen LogP contribution in [0.3, 0.4) is 0 Å². The number of alkyl halides is 1. The highest BCUT2D eigenvalue weighted by atomic mass is 35.5. The van der Waals surface area contributed by atoms with E-state index in [-0.39, 0.29) is 0 Å². The summed E-state index contributed by atoms with van der Waals surface area (Å²) in [6, 6.07) is 0. The predicted octanol–water partition coefficient (Wildman–Crippen LogP) is 1.80. The topological polar surface area (TPSA) is 37.3 Å². The summed E-state index contributed by atoms with van der Waals surface area (Å²) < 4.78 is -0.618. The Labute approximate surface area is 75.6 Å². The molecule has 0 aromatic heterocycles. The molecule has 0 aromatic rings. The molecular formula is C4H9ClNO2S2+. The van der Waals surface area contributed by atoms with Crippen LogP contribution in [-0.2, 0) is 0 Å². The second kappa shape index (κ2) is 4.33. The Bertz CT molecular complexity index is 130. The first-order valence-electron chi connectivity index (χ1n) is 2.63. The van der Waals surface area contributed by atoms with Crippen molar-refractivity contribution in [2.24, 2.45) is 0 Å². The lowest BCUT2D eigenvalue weighted by molar-refractivity contribution is -0.556. The Morgan fingerprint density at radius 2 is 2.10 bits per heavy atom. The number of halogens is 1. The largest absolute Gasteiger partial charge is 0.537 e. The van der Waals surface area contributed by atoms with Crippen LogP contribution in [0.1, 0.15) is 6.42 Å². The Balaban J connectivity index is 3.75. The number of amides is 1. The highest BCUT2D eigenvalue weighted by molar-refractivity contribution is 7.88. The van der Waals surface area contributed by atoms with Crippen LogP contribution in [0.15, 0.2) is 0 Å². The molecule has 0 aliphatic heterocycles. The number of quaternary nitrogens is 1. The zero-order chi connectivity index (χ0) is 8.20. The minimum atomic E-state index is -1.09. The van der Waals surface area contributed by atoms with Crippen LogP contribution >= 0.6 is 37.2 Å². The summed E-state index contributed by atoms with van der Waals surface area (Å²) in [5, 5.41) is 8.44. The van der Waals surface area contributed by atoms with Gasteiger partial charge in [-0.25, -0.2) is 0 Å². The summed E-state index contributed by atoms with van der Waals surface area (Å²) in [5.74, 6) is 0.425. The van der Waals surface area contributed by atoms with Gasteiger partial charge in [-0.3, -0.25) is 0 Å². The predicted molar refractivity (Wildman–Crippen MR) is 46.5 cm³/mol. The van der Waals surface area contributed by atoms with Crippen molar-refractivity contribution in [1.82, 2.24) is 0 Å². The van der Waals surface area contributed by atoms with Gasteiger partial charge in [0.2, 0.25) is 0 Å². The standard InChI is InChI=1S/C4H8ClNO2S2/c5-2-1-3-6(9,10)4(7)8/h9-10H,1-3H2/p+1. The Kier molecular flexibility index (Phi) is 4.51. The zero-order valence-electron chi connectivity index (χ0n) is 5.20. The van der Waals surface area contributed by atoms with Crippen molar-refractivity contribution in [3.63, 3.8) is 0 Å². The molecular weight excluding hydrogens is 194 g/mol. The van der Waals surface area contributed by atoms with Crippen molar-refractivity contribution in [3.05, 3.63) is 0 Å². The van der Waals surface area contributed by atoms with E-state index in [1.54, 1.807) is 0 Å². The average molecular weight is 203 g/mol. The van der Waals surface area contributed by atoms with Crippen molar-refractivity contribution in [1.29, 1.82) is 0 Å². The molecule has 0 aliphatic rings. The zero-order valence-corrected chi connectivity index (χ0v) is 7.74. The van der Waals surface area contributed by atoms with E-state index in [1.807, 2.05) is 0 Å². The molecule has 0 fully saturated rings. The summed E-state index contributed by atoms with van der Waals surface area (Å²) in [5.41, 5.74) is 0. The van der Waals surface area contributed by atoms with Crippen molar-refractivity contribution in [3.8, 4) is 0 Å². The van der Waals surface area contributed by atoms with E-state index in [1.165, 1.54) is 0 Å². The summed E-state index contributed by atoms with van der Waals surface area (Å²) >= 11 is 12.9. The van der Waals surface area contributed by atoms with Crippen LogP contribution in [0.5, 0.6) is 0 Å². The number of rotatable bonds is 3. The van der Waals surface area contributed by atoms with Crippen molar-refractivity contribution in [2.45, 2.75) is 6.42 Å². The molecule has 0 rings (SSSR count). The molecule has 0 aromatic carbocycles. The minimum absolute atomic E-state index is 0.311. The fourth-order valence-electron chi connectivity index (χ4n) is 0.376. The van der Waals surface area contributed by atoms with Gasteiger partial charge in [-0.1, -0.05) is 0 Å². The first-order chi connectivity index (χ1) is 4.50.